The lowest BCUT2D eigenvalue weighted by atomic mass is 10.0. The van der Waals surface area contributed by atoms with E-state index in [1.54, 1.807) is 24.3 Å². The molecule has 1 heterocycles. The van der Waals surface area contributed by atoms with Crippen LogP contribution in [0.2, 0.25) is 0 Å². The molecule has 1 unspecified atom stereocenters. The van der Waals surface area contributed by atoms with E-state index >= 15 is 0 Å². The lowest BCUT2D eigenvalue weighted by Gasteiger charge is -2.24. The van der Waals surface area contributed by atoms with Crippen molar-refractivity contribution in [3.8, 4) is 0 Å². The van der Waals surface area contributed by atoms with Crippen molar-refractivity contribution in [2.24, 2.45) is 0 Å². The maximum absolute atomic E-state index is 13.0. The molecule has 1 fully saturated rings. The van der Waals surface area contributed by atoms with E-state index in [9.17, 15) is 13.2 Å². The van der Waals surface area contributed by atoms with Gasteiger partial charge in [0.25, 0.3) is 10.0 Å². The standard InChI is InChI=1S/C19H21NO3S2/c1-13(2)15-6-8-16(9-7-15)19-20(18(21)12-24-19)25(22,23)17-10-4-14(3)5-11-17/h4-11,13,19H,12H2,1-3H3. The average Bonchev–Trinajstić information content (AvgIpc) is 2.98. The van der Waals surface area contributed by atoms with Gasteiger partial charge in [0, 0.05) is 0 Å². The van der Waals surface area contributed by atoms with Crippen LogP contribution >= 0.6 is 11.8 Å². The highest BCUT2D eigenvalue weighted by molar-refractivity contribution is 8.02. The van der Waals surface area contributed by atoms with Crippen LogP contribution in [0.4, 0.5) is 0 Å². The first kappa shape index (κ1) is 18.0. The van der Waals surface area contributed by atoms with Gasteiger partial charge < -0.3 is 0 Å². The molecule has 2 aromatic carbocycles. The Labute approximate surface area is 153 Å². The number of sulfonamides is 1. The van der Waals surface area contributed by atoms with Crippen LogP contribution in [0.3, 0.4) is 0 Å². The van der Waals surface area contributed by atoms with Gasteiger partial charge in [0.1, 0.15) is 5.37 Å². The molecule has 0 spiro atoms. The molecule has 1 amide bonds. The molecular formula is C19H21NO3S2. The minimum atomic E-state index is -3.87. The number of carbonyl (C=O) groups excluding carboxylic acids is 1. The first-order chi connectivity index (χ1) is 11.8. The molecule has 2 aromatic rings. The summed E-state index contributed by atoms with van der Waals surface area (Å²) in [4.78, 5) is 12.5. The summed E-state index contributed by atoms with van der Waals surface area (Å²) in [5, 5.41) is -0.514. The number of hydrogen-bond donors (Lipinski definition) is 0. The van der Waals surface area contributed by atoms with Crippen molar-refractivity contribution in [2.75, 3.05) is 5.75 Å². The Kier molecular flexibility index (Phi) is 4.93. The van der Waals surface area contributed by atoms with Gasteiger partial charge >= 0.3 is 0 Å². The molecule has 0 N–H and O–H groups in total. The van der Waals surface area contributed by atoms with Crippen LogP contribution in [-0.2, 0) is 14.8 Å². The smallest absolute Gasteiger partial charge is 0.267 e. The average molecular weight is 376 g/mol. The Balaban J connectivity index is 1.98. The molecule has 132 valence electrons. The van der Waals surface area contributed by atoms with E-state index in [1.165, 1.54) is 17.3 Å². The van der Waals surface area contributed by atoms with E-state index < -0.39 is 15.4 Å². The van der Waals surface area contributed by atoms with E-state index in [2.05, 4.69) is 13.8 Å². The number of benzene rings is 2. The lowest BCUT2D eigenvalue weighted by Crippen LogP contribution is -2.34. The predicted molar refractivity (Wildman–Crippen MR) is 101 cm³/mol. The maximum atomic E-state index is 13.0. The van der Waals surface area contributed by atoms with Gasteiger partial charge in [0.2, 0.25) is 5.91 Å². The van der Waals surface area contributed by atoms with Crippen LogP contribution in [0.15, 0.2) is 53.4 Å². The van der Waals surface area contributed by atoms with Gasteiger partial charge in [-0.05, 0) is 36.1 Å². The summed E-state index contributed by atoms with van der Waals surface area (Å²) in [7, 11) is -3.87. The second kappa shape index (κ2) is 6.84. The number of aryl methyl sites for hydroxylation is 1. The summed E-state index contributed by atoms with van der Waals surface area (Å²) in [5.74, 6) is 0.199. The Bertz CT molecular complexity index is 872. The Morgan fingerprint density at radius 2 is 1.64 bits per heavy atom. The number of nitrogens with zero attached hydrogens (tertiary/aromatic N) is 1. The van der Waals surface area contributed by atoms with Gasteiger partial charge in [-0.1, -0.05) is 55.8 Å². The molecule has 1 atom stereocenters. The van der Waals surface area contributed by atoms with Gasteiger partial charge in [-0.2, -0.15) is 0 Å². The maximum Gasteiger partial charge on any atom is 0.267 e. The molecule has 0 radical (unpaired) electrons. The first-order valence-corrected chi connectivity index (χ1v) is 10.6. The molecule has 1 saturated heterocycles. The van der Waals surface area contributed by atoms with Gasteiger partial charge in [0.15, 0.2) is 0 Å². The fourth-order valence-corrected chi connectivity index (χ4v) is 5.83. The van der Waals surface area contributed by atoms with Crippen LogP contribution in [0, 0.1) is 6.92 Å². The number of hydrogen-bond acceptors (Lipinski definition) is 4. The summed E-state index contributed by atoms with van der Waals surface area (Å²) in [6.07, 6.45) is 0. The molecule has 6 heteroatoms. The van der Waals surface area contributed by atoms with Crippen LogP contribution in [0.1, 0.15) is 41.8 Å². The van der Waals surface area contributed by atoms with E-state index in [0.29, 0.717) is 5.92 Å². The van der Waals surface area contributed by atoms with Gasteiger partial charge in [-0.3, -0.25) is 4.79 Å². The molecule has 0 bridgehead atoms. The Morgan fingerprint density at radius 3 is 2.20 bits per heavy atom. The molecular weight excluding hydrogens is 354 g/mol. The zero-order chi connectivity index (χ0) is 18.2. The molecule has 3 rings (SSSR count). The van der Waals surface area contributed by atoms with E-state index in [-0.39, 0.29) is 16.6 Å². The largest absolute Gasteiger partial charge is 0.273 e. The highest BCUT2D eigenvalue weighted by Gasteiger charge is 2.41. The van der Waals surface area contributed by atoms with Crippen molar-refractivity contribution >= 4 is 27.7 Å². The van der Waals surface area contributed by atoms with Crippen LogP contribution in [0.25, 0.3) is 0 Å². The summed E-state index contributed by atoms with van der Waals surface area (Å²) in [5.41, 5.74) is 2.99. The topological polar surface area (TPSA) is 54.5 Å². The molecule has 0 aromatic heterocycles. The minimum Gasteiger partial charge on any atom is -0.273 e. The van der Waals surface area contributed by atoms with Crippen molar-refractivity contribution in [1.29, 1.82) is 0 Å². The summed E-state index contributed by atoms with van der Waals surface area (Å²) < 4.78 is 27.0. The number of amides is 1. The number of carbonyl (C=O) groups is 1. The number of thioether (sulfide) groups is 1. The van der Waals surface area contributed by atoms with Crippen LogP contribution < -0.4 is 0 Å². The van der Waals surface area contributed by atoms with Gasteiger partial charge in [-0.25, -0.2) is 12.7 Å². The van der Waals surface area contributed by atoms with Crippen LogP contribution in [0.5, 0.6) is 0 Å². The second-order valence-corrected chi connectivity index (χ2v) is 9.38. The Morgan fingerprint density at radius 1 is 1.04 bits per heavy atom. The van der Waals surface area contributed by atoms with E-state index in [4.69, 9.17) is 0 Å². The normalized spacial score (nSPS) is 18.2. The fraction of sp³-hybridized carbons (Fsp3) is 0.316. The highest BCUT2D eigenvalue weighted by Crippen LogP contribution is 2.42. The van der Waals surface area contributed by atoms with Crippen molar-refractivity contribution in [2.45, 2.75) is 37.0 Å². The first-order valence-electron chi connectivity index (χ1n) is 8.16. The minimum absolute atomic E-state index is 0.151. The third kappa shape index (κ3) is 3.46. The second-order valence-electron chi connectivity index (χ2n) is 6.49. The Hall–Kier alpha value is -1.79. The number of rotatable bonds is 4. The van der Waals surface area contributed by atoms with Crippen molar-refractivity contribution < 1.29 is 13.2 Å². The zero-order valence-electron chi connectivity index (χ0n) is 14.5. The SMILES string of the molecule is Cc1ccc(S(=O)(=O)N2C(=O)CSC2c2ccc(C(C)C)cc2)cc1. The predicted octanol–water partition coefficient (Wildman–Crippen LogP) is 4.08. The van der Waals surface area contributed by atoms with E-state index in [1.807, 2.05) is 31.2 Å². The molecule has 25 heavy (non-hydrogen) atoms. The van der Waals surface area contributed by atoms with E-state index in [0.717, 1.165) is 15.4 Å². The van der Waals surface area contributed by atoms with Gasteiger partial charge in [-0.15, -0.1) is 11.8 Å². The lowest BCUT2D eigenvalue weighted by molar-refractivity contribution is -0.123. The third-order valence-electron chi connectivity index (χ3n) is 4.29. The van der Waals surface area contributed by atoms with Crippen LogP contribution in [-0.4, -0.2) is 24.4 Å². The molecule has 4 nitrogen and oxygen atoms in total. The summed E-state index contributed by atoms with van der Waals surface area (Å²) in [6, 6.07) is 14.4. The zero-order valence-corrected chi connectivity index (χ0v) is 16.1. The van der Waals surface area contributed by atoms with Crippen molar-refractivity contribution in [3.05, 3.63) is 65.2 Å². The molecule has 1 aliphatic heterocycles. The molecule has 0 aliphatic carbocycles. The van der Waals surface area contributed by atoms with Crippen molar-refractivity contribution in [1.82, 2.24) is 4.31 Å². The third-order valence-corrected chi connectivity index (χ3v) is 7.44. The molecule has 1 aliphatic rings. The fourth-order valence-electron chi connectivity index (χ4n) is 2.77. The van der Waals surface area contributed by atoms with Gasteiger partial charge in [0.05, 0.1) is 10.6 Å². The summed E-state index contributed by atoms with van der Waals surface area (Å²) >= 11 is 1.35. The highest BCUT2D eigenvalue weighted by atomic mass is 32.2. The molecule has 0 saturated carbocycles. The monoisotopic (exact) mass is 375 g/mol. The van der Waals surface area contributed by atoms with Crippen molar-refractivity contribution in [3.63, 3.8) is 0 Å². The summed E-state index contributed by atoms with van der Waals surface area (Å²) in [6.45, 7) is 6.11. The quantitative estimate of drug-likeness (QED) is 0.808.